The second-order valence-electron chi connectivity index (χ2n) is 5.74. The highest BCUT2D eigenvalue weighted by Gasteiger charge is 2.12. The molecule has 2 aromatic rings. The Kier molecular flexibility index (Phi) is 5.21. The van der Waals surface area contributed by atoms with Gasteiger partial charge in [-0.2, -0.15) is 0 Å². The maximum Gasteiger partial charge on any atom is 0.339 e. The van der Waals surface area contributed by atoms with Crippen LogP contribution in [0.25, 0.3) is 11.1 Å². The number of benzene rings is 2. The van der Waals surface area contributed by atoms with Crippen LogP contribution < -0.4 is 4.74 Å². The summed E-state index contributed by atoms with van der Waals surface area (Å²) < 4.78 is 5.46. The number of carbonyl (C=O) groups is 1. The van der Waals surface area contributed by atoms with Crippen LogP contribution in [0.1, 0.15) is 36.7 Å². The lowest BCUT2D eigenvalue weighted by atomic mass is 9.98. The van der Waals surface area contributed by atoms with E-state index in [-0.39, 0.29) is 5.56 Å². The number of carboxylic acid groups (broad SMARTS) is 1. The van der Waals surface area contributed by atoms with E-state index in [2.05, 4.69) is 38.1 Å². The molecule has 2 aromatic carbocycles. The molecule has 0 aliphatic carbocycles. The first-order valence-corrected chi connectivity index (χ1v) is 7.60. The molecule has 0 bridgehead atoms. The number of rotatable bonds is 6. The van der Waals surface area contributed by atoms with Gasteiger partial charge < -0.3 is 9.84 Å². The fourth-order valence-corrected chi connectivity index (χ4v) is 2.46. The van der Waals surface area contributed by atoms with E-state index < -0.39 is 5.97 Å². The Morgan fingerprint density at radius 2 is 1.73 bits per heavy atom. The van der Waals surface area contributed by atoms with Gasteiger partial charge in [-0.15, -0.1) is 0 Å². The summed E-state index contributed by atoms with van der Waals surface area (Å²) in [7, 11) is 0. The molecule has 1 N–H and O–H groups in total. The smallest absolute Gasteiger partial charge is 0.339 e. The number of hydrogen-bond donors (Lipinski definition) is 1. The lowest BCUT2D eigenvalue weighted by Gasteiger charge is -2.11. The van der Waals surface area contributed by atoms with E-state index >= 15 is 0 Å². The van der Waals surface area contributed by atoms with Crippen LogP contribution >= 0.6 is 0 Å². The standard InChI is InChI=1S/C19H22O3/c1-4-22-18-12-16(9-10-17(18)19(20)21)15-7-5-14(6-8-15)11-13(2)3/h5-10,12-13H,4,11H2,1-3H3,(H,20,21). The minimum atomic E-state index is -0.970. The van der Waals surface area contributed by atoms with E-state index in [0.29, 0.717) is 18.3 Å². The molecule has 2 rings (SSSR count). The Morgan fingerprint density at radius 3 is 2.27 bits per heavy atom. The van der Waals surface area contributed by atoms with E-state index in [1.165, 1.54) is 5.56 Å². The highest BCUT2D eigenvalue weighted by Crippen LogP contribution is 2.28. The number of hydrogen-bond acceptors (Lipinski definition) is 2. The molecular weight excluding hydrogens is 276 g/mol. The predicted molar refractivity (Wildman–Crippen MR) is 88.5 cm³/mol. The maximum atomic E-state index is 11.2. The van der Waals surface area contributed by atoms with Crippen LogP contribution in [0, 0.1) is 5.92 Å². The molecule has 0 saturated carbocycles. The van der Waals surface area contributed by atoms with E-state index in [1.54, 1.807) is 12.1 Å². The SMILES string of the molecule is CCOc1cc(-c2ccc(CC(C)C)cc2)ccc1C(=O)O. The molecular formula is C19H22O3. The van der Waals surface area contributed by atoms with Crippen LogP contribution in [-0.2, 0) is 6.42 Å². The Hall–Kier alpha value is -2.29. The Morgan fingerprint density at radius 1 is 1.09 bits per heavy atom. The van der Waals surface area contributed by atoms with Crippen molar-refractivity contribution in [1.29, 1.82) is 0 Å². The third kappa shape index (κ3) is 3.88. The van der Waals surface area contributed by atoms with Crippen molar-refractivity contribution in [3.8, 4) is 16.9 Å². The van der Waals surface area contributed by atoms with Crippen LogP contribution in [0.15, 0.2) is 42.5 Å². The van der Waals surface area contributed by atoms with Crippen LogP contribution in [0.4, 0.5) is 0 Å². The first-order chi connectivity index (χ1) is 10.5. The molecule has 22 heavy (non-hydrogen) atoms. The van der Waals surface area contributed by atoms with Crippen molar-refractivity contribution in [2.24, 2.45) is 5.92 Å². The summed E-state index contributed by atoms with van der Waals surface area (Å²) in [6, 6.07) is 13.6. The average molecular weight is 298 g/mol. The van der Waals surface area contributed by atoms with E-state index in [4.69, 9.17) is 4.74 Å². The highest BCUT2D eigenvalue weighted by atomic mass is 16.5. The van der Waals surface area contributed by atoms with E-state index in [0.717, 1.165) is 17.5 Å². The monoisotopic (exact) mass is 298 g/mol. The van der Waals surface area contributed by atoms with Gasteiger partial charge in [0.2, 0.25) is 0 Å². The minimum Gasteiger partial charge on any atom is -0.493 e. The summed E-state index contributed by atoms with van der Waals surface area (Å²) in [4.78, 5) is 11.2. The number of aromatic carboxylic acids is 1. The van der Waals surface area contributed by atoms with E-state index in [1.807, 2.05) is 13.0 Å². The molecule has 0 spiro atoms. The van der Waals surface area contributed by atoms with Gasteiger partial charge in [0.1, 0.15) is 11.3 Å². The average Bonchev–Trinajstić information content (AvgIpc) is 2.47. The van der Waals surface area contributed by atoms with Gasteiger partial charge in [0, 0.05) is 0 Å². The molecule has 0 atom stereocenters. The zero-order chi connectivity index (χ0) is 16.1. The highest BCUT2D eigenvalue weighted by molar-refractivity contribution is 5.92. The van der Waals surface area contributed by atoms with Crippen LogP contribution in [0.2, 0.25) is 0 Å². The second-order valence-corrected chi connectivity index (χ2v) is 5.74. The minimum absolute atomic E-state index is 0.196. The van der Waals surface area contributed by atoms with Crippen molar-refractivity contribution in [2.45, 2.75) is 27.2 Å². The lowest BCUT2D eigenvalue weighted by molar-refractivity contribution is 0.0692. The van der Waals surface area contributed by atoms with Gasteiger partial charge in [-0.25, -0.2) is 4.79 Å². The van der Waals surface area contributed by atoms with Crippen LogP contribution in [-0.4, -0.2) is 17.7 Å². The van der Waals surface area contributed by atoms with Gasteiger partial charge in [-0.1, -0.05) is 44.2 Å². The molecule has 0 heterocycles. The van der Waals surface area contributed by atoms with Gasteiger partial charge in [-0.3, -0.25) is 0 Å². The van der Waals surface area contributed by atoms with Crippen molar-refractivity contribution in [2.75, 3.05) is 6.61 Å². The largest absolute Gasteiger partial charge is 0.493 e. The lowest BCUT2D eigenvalue weighted by Crippen LogP contribution is -2.02. The summed E-state index contributed by atoms with van der Waals surface area (Å²) >= 11 is 0. The molecule has 0 aliphatic rings. The first-order valence-electron chi connectivity index (χ1n) is 7.60. The summed E-state index contributed by atoms with van der Waals surface area (Å²) in [5.74, 6) is 0.0753. The van der Waals surface area contributed by atoms with Crippen molar-refractivity contribution < 1.29 is 14.6 Å². The van der Waals surface area contributed by atoms with Gasteiger partial charge in [0.15, 0.2) is 0 Å². The van der Waals surface area contributed by atoms with Crippen molar-refractivity contribution >= 4 is 5.97 Å². The third-order valence-corrected chi connectivity index (χ3v) is 3.44. The zero-order valence-electron chi connectivity index (χ0n) is 13.3. The van der Waals surface area contributed by atoms with E-state index in [9.17, 15) is 9.90 Å². The Bertz CT molecular complexity index is 642. The Labute approximate surface area is 131 Å². The van der Waals surface area contributed by atoms with Crippen LogP contribution in [0.3, 0.4) is 0 Å². The van der Waals surface area contributed by atoms with Gasteiger partial charge in [0.05, 0.1) is 6.61 Å². The molecule has 3 heteroatoms. The fraction of sp³-hybridized carbons (Fsp3) is 0.316. The number of ether oxygens (including phenoxy) is 1. The summed E-state index contributed by atoms with van der Waals surface area (Å²) in [5.41, 5.74) is 3.53. The van der Waals surface area contributed by atoms with Gasteiger partial charge in [0.25, 0.3) is 0 Å². The summed E-state index contributed by atoms with van der Waals surface area (Å²) in [6.45, 7) is 6.69. The topological polar surface area (TPSA) is 46.5 Å². The van der Waals surface area contributed by atoms with Gasteiger partial charge >= 0.3 is 5.97 Å². The predicted octanol–water partition coefficient (Wildman–Crippen LogP) is 4.65. The quantitative estimate of drug-likeness (QED) is 0.844. The summed E-state index contributed by atoms with van der Waals surface area (Å²) in [5, 5.41) is 9.19. The van der Waals surface area contributed by atoms with Crippen LogP contribution in [0.5, 0.6) is 5.75 Å². The molecule has 3 nitrogen and oxygen atoms in total. The first kappa shape index (κ1) is 16.1. The molecule has 0 aromatic heterocycles. The molecule has 116 valence electrons. The maximum absolute atomic E-state index is 11.2. The van der Waals surface area contributed by atoms with Crippen molar-refractivity contribution in [1.82, 2.24) is 0 Å². The van der Waals surface area contributed by atoms with Gasteiger partial charge in [-0.05, 0) is 48.1 Å². The van der Waals surface area contributed by atoms with Crippen molar-refractivity contribution in [3.05, 3.63) is 53.6 Å². The van der Waals surface area contributed by atoms with Crippen molar-refractivity contribution in [3.63, 3.8) is 0 Å². The zero-order valence-corrected chi connectivity index (χ0v) is 13.3. The molecule has 0 unspecified atom stereocenters. The molecule has 0 aliphatic heterocycles. The summed E-state index contributed by atoms with van der Waals surface area (Å²) in [6.07, 6.45) is 1.06. The normalized spacial score (nSPS) is 10.7. The molecule has 0 saturated heterocycles. The Balaban J connectivity index is 2.32. The second kappa shape index (κ2) is 7.12. The fourth-order valence-electron chi connectivity index (χ4n) is 2.46. The third-order valence-electron chi connectivity index (χ3n) is 3.44. The molecule has 0 radical (unpaired) electrons. The molecule has 0 fully saturated rings. The number of carboxylic acids is 1. The molecule has 0 amide bonds.